The number of carbonyl (C=O) groups is 3. The monoisotopic (exact) mass is 443 g/mol. The van der Waals surface area contributed by atoms with E-state index in [-0.39, 0.29) is 69.9 Å². The number of imide groups is 1. The fraction of sp³-hybridized carbons (Fsp3) is 0.810. The van der Waals surface area contributed by atoms with E-state index in [0.29, 0.717) is 19.1 Å². The molecule has 30 heavy (non-hydrogen) atoms. The van der Waals surface area contributed by atoms with Crippen molar-refractivity contribution in [1.82, 2.24) is 4.90 Å². The van der Waals surface area contributed by atoms with Crippen molar-refractivity contribution in [3.63, 3.8) is 0 Å². The van der Waals surface area contributed by atoms with Gasteiger partial charge >= 0.3 is 29.6 Å². The van der Waals surface area contributed by atoms with E-state index in [1.807, 2.05) is 11.8 Å². The Kier molecular flexibility index (Phi) is 8.84. The number of amides is 3. The molecule has 9 heteroatoms. The number of carbonyl (C=O) groups excluding carboxylic acids is 3. The Bertz CT molecular complexity index is 696. The van der Waals surface area contributed by atoms with Gasteiger partial charge in [-0.15, -0.1) is 0 Å². The summed E-state index contributed by atoms with van der Waals surface area (Å²) in [6.45, 7) is 3.05. The fourth-order valence-electron chi connectivity index (χ4n) is 5.15. The number of aliphatic imine (C=N–C) groups is 1. The smallest absolute Gasteiger partial charge is 0.585 e. The second-order valence-electron chi connectivity index (χ2n) is 8.70. The van der Waals surface area contributed by atoms with Crippen LogP contribution < -0.4 is 29.6 Å². The van der Waals surface area contributed by atoms with Gasteiger partial charge in [0, 0.05) is 0 Å². The van der Waals surface area contributed by atoms with E-state index in [4.69, 9.17) is 9.73 Å². The topological polar surface area (TPSA) is 90.1 Å². The van der Waals surface area contributed by atoms with Crippen LogP contribution in [0.5, 0.6) is 0 Å². The van der Waals surface area contributed by atoms with Crippen molar-refractivity contribution in [2.75, 3.05) is 13.2 Å². The molecule has 4 rings (SSSR count). The molecule has 2 aliphatic carbocycles. The van der Waals surface area contributed by atoms with Crippen LogP contribution in [-0.2, 0) is 14.3 Å². The van der Waals surface area contributed by atoms with Gasteiger partial charge in [-0.05, 0) is 57.8 Å². The predicted octanol–water partition coefficient (Wildman–Crippen LogP) is 0.911. The Labute approximate surface area is 204 Å². The first-order valence-corrected chi connectivity index (χ1v) is 11.8. The Morgan fingerprint density at radius 2 is 1.83 bits per heavy atom. The van der Waals surface area contributed by atoms with Gasteiger partial charge in [0.25, 0.3) is 0 Å². The molecule has 4 aliphatic rings. The Hall–Kier alpha value is -0.410. The molecule has 2 saturated carbocycles. The average Bonchev–Trinajstić information content (AvgIpc) is 3.02. The fourth-order valence-corrected chi connectivity index (χ4v) is 6.06. The molecule has 0 spiro atoms. The molecule has 160 valence electrons. The molecule has 2 aliphatic heterocycles. The SMILES string of the molecule is CC1=NC2CCCCC2C(=O)N1CCOC1CCC(CC2SC(=O)[N-]C2=O)CC1.[Na+]. The van der Waals surface area contributed by atoms with E-state index >= 15 is 0 Å². The van der Waals surface area contributed by atoms with Crippen molar-refractivity contribution >= 4 is 34.7 Å². The number of ether oxygens (including phenoxy) is 1. The van der Waals surface area contributed by atoms with Crippen LogP contribution in [0, 0.1) is 11.8 Å². The van der Waals surface area contributed by atoms with Gasteiger partial charge in [0.05, 0.1) is 42.4 Å². The third kappa shape index (κ3) is 5.68. The second kappa shape index (κ2) is 10.9. The first-order chi connectivity index (χ1) is 14.0. The Balaban J connectivity index is 0.00000256. The number of hydrogen-bond donors (Lipinski definition) is 0. The molecular weight excluding hydrogens is 413 g/mol. The summed E-state index contributed by atoms with van der Waals surface area (Å²) in [6, 6.07) is 0.191. The molecule has 0 aromatic rings. The third-order valence-corrected chi connectivity index (χ3v) is 7.76. The maximum atomic E-state index is 12.8. The maximum Gasteiger partial charge on any atom is 1.00 e. The van der Waals surface area contributed by atoms with Crippen molar-refractivity contribution < 1.29 is 48.7 Å². The minimum Gasteiger partial charge on any atom is -0.585 e. The summed E-state index contributed by atoms with van der Waals surface area (Å²) in [6.07, 6.45) is 9.21. The van der Waals surface area contributed by atoms with E-state index in [1.54, 1.807) is 0 Å². The zero-order valence-electron chi connectivity index (χ0n) is 18.0. The molecule has 3 fully saturated rings. The number of amidine groups is 1. The quantitative estimate of drug-likeness (QED) is 0.570. The van der Waals surface area contributed by atoms with Gasteiger partial charge in [0.1, 0.15) is 11.1 Å². The summed E-state index contributed by atoms with van der Waals surface area (Å²) in [5, 5.41) is 2.87. The van der Waals surface area contributed by atoms with Crippen LogP contribution in [0.1, 0.15) is 64.7 Å². The van der Waals surface area contributed by atoms with E-state index in [1.165, 1.54) is 6.42 Å². The number of thioether (sulfide) groups is 1. The van der Waals surface area contributed by atoms with Crippen molar-refractivity contribution in [3.05, 3.63) is 5.32 Å². The molecule has 2 heterocycles. The number of hydrogen-bond acceptors (Lipinski definition) is 6. The normalized spacial score (nSPS) is 34.2. The van der Waals surface area contributed by atoms with E-state index in [9.17, 15) is 14.4 Å². The van der Waals surface area contributed by atoms with Gasteiger partial charge in [0.2, 0.25) is 5.91 Å². The third-order valence-electron chi connectivity index (χ3n) is 6.79. The van der Waals surface area contributed by atoms with E-state index < -0.39 is 0 Å². The van der Waals surface area contributed by atoms with Gasteiger partial charge < -0.3 is 19.6 Å². The summed E-state index contributed by atoms with van der Waals surface area (Å²) < 4.78 is 6.08. The summed E-state index contributed by atoms with van der Waals surface area (Å²) in [5.41, 5.74) is 0. The van der Waals surface area contributed by atoms with Crippen molar-refractivity contribution in [3.8, 4) is 0 Å². The Morgan fingerprint density at radius 3 is 2.53 bits per heavy atom. The Morgan fingerprint density at radius 1 is 1.10 bits per heavy atom. The molecule has 0 aromatic heterocycles. The van der Waals surface area contributed by atoms with Gasteiger partial charge in [-0.3, -0.25) is 14.7 Å². The molecule has 0 aromatic carbocycles. The van der Waals surface area contributed by atoms with Crippen LogP contribution in [0.2, 0.25) is 0 Å². The number of nitrogens with zero attached hydrogens (tertiary/aromatic N) is 3. The molecule has 0 N–H and O–H groups in total. The average molecular weight is 444 g/mol. The molecule has 0 bridgehead atoms. The number of rotatable bonds is 6. The van der Waals surface area contributed by atoms with Crippen molar-refractivity contribution in [2.24, 2.45) is 16.8 Å². The molecular formula is C21H30N3NaO4S. The summed E-state index contributed by atoms with van der Waals surface area (Å²) in [5.74, 6) is 1.33. The summed E-state index contributed by atoms with van der Waals surface area (Å²) >= 11 is 1.07. The summed E-state index contributed by atoms with van der Waals surface area (Å²) in [7, 11) is 0. The van der Waals surface area contributed by atoms with Gasteiger partial charge in [-0.2, -0.15) is 0 Å². The molecule has 1 saturated heterocycles. The minimum absolute atomic E-state index is 0. The second-order valence-corrected chi connectivity index (χ2v) is 9.85. The first kappa shape index (κ1) is 24.2. The van der Waals surface area contributed by atoms with Gasteiger partial charge in [-0.1, -0.05) is 24.6 Å². The standard InChI is InChI=1S/C21H31N3O4S.Na/c1-13-22-17-5-3-2-4-16(17)20(26)24(13)10-11-28-15-8-6-14(7-9-15)12-18-19(25)23-21(27)29-18;/h14-18H,2-12H2,1H3,(H,23,25,27);/q;+1/p-1. The maximum absolute atomic E-state index is 12.8. The summed E-state index contributed by atoms with van der Waals surface area (Å²) in [4.78, 5) is 42.4. The first-order valence-electron chi connectivity index (χ1n) is 10.9. The number of fused-ring (bicyclic) bond motifs is 1. The molecule has 3 amide bonds. The van der Waals surface area contributed by atoms with Crippen LogP contribution in [0.15, 0.2) is 4.99 Å². The largest absolute Gasteiger partial charge is 1.00 e. The predicted molar refractivity (Wildman–Crippen MR) is 112 cm³/mol. The van der Waals surface area contributed by atoms with Crippen LogP contribution in [-0.4, -0.2) is 58.3 Å². The van der Waals surface area contributed by atoms with Crippen LogP contribution >= 0.6 is 11.8 Å². The van der Waals surface area contributed by atoms with Crippen LogP contribution in [0.3, 0.4) is 0 Å². The molecule has 0 radical (unpaired) electrons. The van der Waals surface area contributed by atoms with Crippen LogP contribution in [0.25, 0.3) is 5.32 Å². The van der Waals surface area contributed by atoms with E-state index in [0.717, 1.165) is 69.0 Å². The molecule has 7 nitrogen and oxygen atoms in total. The van der Waals surface area contributed by atoms with Gasteiger partial charge in [-0.25, -0.2) is 0 Å². The molecule has 3 unspecified atom stereocenters. The van der Waals surface area contributed by atoms with E-state index in [2.05, 4.69) is 5.32 Å². The zero-order valence-corrected chi connectivity index (χ0v) is 20.9. The minimum atomic E-state index is -0.345. The van der Waals surface area contributed by atoms with Crippen molar-refractivity contribution in [1.29, 1.82) is 0 Å². The van der Waals surface area contributed by atoms with Gasteiger partial charge in [0.15, 0.2) is 0 Å². The molecule has 3 atom stereocenters. The van der Waals surface area contributed by atoms with Crippen LogP contribution in [0.4, 0.5) is 4.79 Å². The van der Waals surface area contributed by atoms with Crippen molar-refractivity contribution in [2.45, 2.75) is 82.1 Å². The zero-order chi connectivity index (χ0) is 20.4.